The van der Waals surface area contributed by atoms with Crippen LogP contribution in [0.25, 0.3) is 0 Å². The van der Waals surface area contributed by atoms with E-state index in [1.165, 1.54) is 0 Å². The predicted octanol–water partition coefficient (Wildman–Crippen LogP) is 1.68. The van der Waals surface area contributed by atoms with Crippen molar-refractivity contribution in [2.75, 3.05) is 20.1 Å². The van der Waals surface area contributed by atoms with Gasteiger partial charge in [0.05, 0.1) is 12.2 Å². The molecule has 1 N–H and O–H groups in total. The van der Waals surface area contributed by atoms with Crippen LogP contribution in [0.2, 0.25) is 0 Å². The molecule has 0 aliphatic rings. The van der Waals surface area contributed by atoms with Gasteiger partial charge in [-0.25, -0.2) is 4.98 Å². The number of hydrogen-bond donors (Lipinski definition) is 1. The zero-order valence-electron chi connectivity index (χ0n) is 14.9. The number of aromatic nitrogens is 4. The van der Waals surface area contributed by atoms with E-state index in [0.29, 0.717) is 13.1 Å². The van der Waals surface area contributed by atoms with E-state index in [4.69, 9.17) is 4.52 Å². The lowest BCUT2D eigenvalue weighted by atomic mass is 10.1. The molecule has 0 aromatic carbocycles. The standard InChI is InChI=1S/C15H25N7O.HI/c1-6-16-15(21(4)9-14-18-10-19-22(14)5)17-8-7-13-11(2)20-23-12(13)3;/h10H,6-9H2,1-5H3,(H,16,17);1H. The van der Waals surface area contributed by atoms with Crippen LogP contribution in [0, 0.1) is 13.8 Å². The van der Waals surface area contributed by atoms with Crippen molar-refractivity contribution >= 4 is 29.9 Å². The van der Waals surface area contributed by atoms with Crippen LogP contribution in [-0.2, 0) is 20.0 Å². The summed E-state index contributed by atoms with van der Waals surface area (Å²) in [4.78, 5) is 11.0. The first-order valence-electron chi connectivity index (χ1n) is 7.77. The first-order chi connectivity index (χ1) is 11.0. The Hall–Kier alpha value is -1.65. The van der Waals surface area contributed by atoms with Crippen molar-refractivity contribution in [2.24, 2.45) is 12.0 Å². The maximum atomic E-state index is 5.19. The van der Waals surface area contributed by atoms with Gasteiger partial charge in [-0.05, 0) is 27.2 Å². The van der Waals surface area contributed by atoms with Gasteiger partial charge in [-0.3, -0.25) is 9.67 Å². The third kappa shape index (κ3) is 5.18. The zero-order valence-corrected chi connectivity index (χ0v) is 17.2. The Labute approximate surface area is 159 Å². The SMILES string of the molecule is CCNC(=NCCc1c(C)noc1C)N(C)Cc1ncnn1C.I. The average molecular weight is 447 g/mol. The van der Waals surface area contributed by atoms with Crippen LogP contribution in [-0.4, -0.2) is 50.9 Å². The second kappa shape index (κ2) is 9.60. The molecule has 0 aliphatic carbocycles. The Bertz CT molecular complexity index is 645. The van der Waals surface area contributed by atoms with E-state index in [0.717, 1.165) is 41.8 Å². The molecule has 0 bridgehead atoms. The molecule has 0 aliphatic heterocycles. The molecular formula is C15H26IN7O. The maximum absolute atomic E-state index is 5.19. The largest absolute Gasteiger partial charge is 0.361 e. The summed E-state index contributed by atoms with van der Waals surface area (Å²) in [5.74, 6) is 2.61. The molecule has 2 heterocycles. The molecule has 0 atom stereocenters. The van der Waals surface area contributed by atoms with E-state index in [1.54, 1.807) is 11.0 Å². The van der Waals surface area contributed by atoms with E-state index in [-0.39, 0.29) is 24.0 Å². The molecule has 134 valence electrons. The Kier molecular flexibility index (Phi) is 8.16. The second-order valence-corrected chi connectivity index (χ2v) is 5.44. The third-order valence-corrected chi connectivity index (χ3v) is 3.68. The normalized spacial score (nSPS) is 11.3. The highest BCUT2D eigenvalue weighted by Gasteiger charge is 2.11. The zero-order chi connectivity index (χ0) is 16.8. The summed E-state index contributed by atoms with van der Waals surface area (Å²) < 4.78 is 6.96. The highest BCUT2D eigenvalue weighted by Crippen LogP contribution is 2.12. The number of aryl methyl sites for hydroxylation is 3. The average Bonchev–Trinajstić information content (AvgIpc) is 3.06. The molecule has 0 fully saturated rings. The number of rotatable bonds is 6. The lowest BCUT2D eigenvalue weighted by Crippen LogP contribution is -2.39. The molecule has 2 aromatic rings. The maximum Gasteiger partial charge on any atom is 0.194 e. The Morgan fingerprint density at radius 3 is 2.71 bits per heavy atom. The van der Waals surface area contributed by atoms with Crippen molar-refractivity contribution in [2.45, 2.75) is 33.7 Å². The van der Waals surface area contributed by atoms with Gasteiger partial charge in [-0.15, -0.1) is 24.0 Å². The first kappa shape index (κ1) is 20.4. The summed E-state index contributed by atoms with van der Waals surface area (Å²) in [6.07, 6.45) is 2.37. The van der Waals surface area contributed by atoms with E-state index in [1.807, 2.05) is 32.8 Å². The lowest BCUT2D eigenvalue weighted by molar-refractivity contribution is 0.392. The van der Waals surface area contributed by atoms with E-state index < -0.39 is 0 Å². The number of halogens is 1. The number of nitrogens with one attached hydrogen (secondary N) is 1. The minimum absolute atomic E-state index is 0. The molecule has 0 saturated heterocycles. The van der Waals surface area contributed by atoms with Gasteiger partial charge in [0.25, 0.3) is 0 Å². The molecule has 2 rings (SSSR count). The summed E-state index contributed by atoms with van der Waals surface area (Å²) in [6.45, 7) is 8.08. The number of aliphatic imine (C=N–C) groups is 1. The number of guanidine groups is 1. The number of hydrogen-bond acceptors (Lipinski definition) is 5. The first-order valence-corrected chi connectivity index (χ1v) is 7.77. The van der Waals surface area contributed by atoms with Crippen molar-refractivity contribution in [1.29, 1.82) is 0 Å². The predicted molar refractivity (Wildman–Crippen MR) is 104 cm³/mol. The van der Waals surface area contributed by atoms with E-state index in [9.17, 15) is 0 Å². The Balaban J connectivity index is 0.00000288. The van der Waals surface area contributed by atoms with Gasteiger partial charge in [0.2, 0.25) is 0 Å². The van der Waals surface area contributed by atoms with Crippen molar-refractivity contribution in [3.05, 3.63) is 29.2 Å². The van der Waals surface area contributed by atoms with Crippen molar-refractivity contribution in [3.63, 3.8) is 0 Å². The Morgan fingerprint density at radius 1 is 1.42 bits per heavy atom. The smallest absolute Gasteiger partial charge is 0.194 e. The summed E-state index contributed by atoms with van der Waals surface area (Å²) in [5.41, 5.74) is 2.08. The third-order valence-electron chi connectivity index (χ3n) is 3.68. The number of nitrogens with zero attached hydrogens (tertiary/aromatic N) is 6. The minimum atomic E-state index is 0. The summed E-state index contributed by atoms with van der Waals surface area (Å²) in [5, 5.41) is 11.4. The van der Waals surface area contributed by atoms with Crippen LogP contribution in [0.4, 0.5) is 0 Å². The van der Waals surface area contributed by atoms with Crippen LogP contribution in [0.15, 0.2) is 15.8 Å². The molecular weight excluding hydrogens is 421 g/mol. The van der Waals surface area contributed by atoms with E-state index >= 15 is 0 Å². The molecule has 8 nitrogen and oxygen atoms in total. The molecule has 24 heavy (non-hydrogen) atoms. The van der Waals surface area contributed by atoms with Crippen LogP contribution in [0.3, 0.4) is 0 Å². The fourth-order valence-electron chi connectivity index (χ4n) is 2.35. The molecule has 9 heteroatoms. The summed E-state index contributed by atoms with van der Waals surface area (Å²) in [6, 6.07) is 0. The van der Waals surface area contributed by atoms with Gasteiger partial charge >= 0.3 is 0 Å². The van der Waals surface area contributed by atoms with E-state index in [2.05, 4.69) is 32.5 Å². The van der Waals surface area contributed by atoms with Gasteiger partial charge in [0, 0.05) is 32.7 Å². The van der Waals surface area contributed by atoms with Gasteiger partial charge in [0.15, 0.2) is 5.96 Å². The summed E-state index contributed by atoms with van der Waals surface area (Å²) in [7, 11) is 3.88. The van der Waals surface area contributed by atoms with Crippen molar-refractivity contribution < 1.29 is 4.52 Å². The van der Waals surface area contributed by atoms with Crippen molar-refractivity contribution in [1.82, 2.24) is 30.1 Å². The quantitative estimate of drug-likeness (QED) is 0.412. The van der Waals surface area contributed by atoms with Crippen LogP contribution in [0.1, 0.15) is 29.8 Å². The van der Waals surface area contributed by atoms with Crippen LogP contribution in [0.5, 0.6) is 0 Å². The topological polar surface area (TPSA) is 84.4 Å². The molecule has 2 aromatic heterocycles. The van der Waals surface area contributed by atoms with Gasteiger partial charge in [-0.2, -0.15) is 5.10 Å². The van der Waals surface area contributed by atoms with Gasteiger partial charge < -0.3 is 14.7 Å². The molecule has 0 spiro atoms. The molecule has 0 amide bonds. The minimum Gasteiger partial charge on any atom is -0.361 e. The lowest BCUT2D eigenvalue weighted by Gasteiger charge is -2.21. The molecule has 0 saturated carbocycles. The molecule has 0 radical (unpaired) electrons. The highest BCUT2D eigenvalue weighted by molar-refractivity contribution is 14.0. The fraction of sp³-hybridized carbons (Fsp3) is 0.600. The molecule has 0 unspecified atom stereocenters. The van der Waals surface area contributed by atoms with Gasteiger partial charge in [-0.1, -0.05) is 5.16 Å². The van der Waals surface area contributed by atoms with Crippen LogP contribution >= 0.6 is 24.0 Å². The Morgan fingerprint density at radius 2 is 2.17 bits per heavy atom. The van der Waals surface area contributed by atoms with Crippen LogP contribution < -0.4 is 5.32 Å². The fourth-order valence-corrected chi connectivity index (χ4v) is 2.35. The highest BCUT2D eigenvalue weighted by atomic mass is 127. The van der Waals surface area contributed by atoms with Gasteiger partial charge in [0.1, 0.15) is 17.9 Å². The second-order valence-electron chi connectivity index (χ2n) is 5.44. The van der Waals surface area contributed by atoms with Crippen molar-refractivity contribution in [3.8, 4) is 0 Å². The monoisotopic (exact) mass is 447 g/mol. The summed E-state index contributed by atoms with van der Waals surface area (Å²) >= 11 is 0.